The molecule has 1 N–H and O–H groups in total. The summed E-state index contributed by atoms with van der Waals surface area (Å²) in [4.78, 5) is 15.1. The van der Waals surface area contributed by atoms with Crippen LogP contribution in [0.5, 0.6) is 0 Å². The van der Waals surface area contributed by atoms with E-state index in [-0.39, 0.29) is 13.1 Å². The van der Waals surface area contributed by atoms with Gasteiger partial charge in [0.25, 0.3) is 0 Å². The molecule has 1 unspecified atom stereocenters. The highest BCUT2D eigenvalue weighted by Gasteiger charge is 2.33. The molecular formula is C15H20FN3O5S2. The van der Waals surface area contributed by atoms with Crippen molar-refractivity contribution < 1.29 is 26.5 Å². The summed E-state index contributed by atoms with van der Waals surface area (Å²) in [5, 5.41) is 0. The fourth-order valence-corrected chi connectivity index (χ4v) is 4.42. The van der Waals surface area contributed by atoms with Crippen molar-refractivity contribution in [1.82, 2.24) is 4.72 Å². The lowest BCUT2D eigenvalue weighted by Crippen LogP contribution is -2.38. The third kappa shape index (κ3) is 4.51. The van der Waals surface area contributed by atoms with Gasteiger partial charge in [-0.3, -0.25) is 9.11 Å². The number of cyclic esters (lactones) is 1. The topological polar surface area (TPSA) is 96.0 Å². The van der Waals surface area contributed by atoms with Crippen LogP contribution >= 0.6 is 0 Å². The summed E-state index contributed by atoms with van der Waals surface area (Å²) < 4.78 is 55.6. The molecule has 3 rings (SSSR count). The minimum absolute atomic E-state index is 0.0352. The molecule has 1 aromatic rings. The van der Waals surface area contributed by atoms with Gasteiger partial charge in [-0.1, -0.05) is 0 Å². The van der Waals surface area contributed by atoms with Crippen molar-refractivity contribution in [3.63, 3.8) is 0 Å². The molecule has 0 bridgehead atoms. The Balaban J connectivity index is 1.69. The van der Waals surface area contributed by atoms with Crippen LogP contribution in [0.1, 0.15) is 0 Å². The van der Waals surface area contributed by atoms with Gasteiger partial charge in [-0.15, -0.1) is 0 Å². The van der Waals surface area contributed by atoms with Gasteiger partial charge in [0, 0.05) is 41.9 Å². The van der Waals surface area contributed by atoms with E-state index in [1.54, 1.807) is 12.1 Å². The van der Waals surface area contributed by atoms with E-state index in [1.807, 2.05) is 4.90 Å². The summed E-state index contributed by atoms with van der Waals surface area (Å²) in [6, 6.07) is 4.47. The molecule has 1 atom stereocenters. The van der Waals surface area contributed by atoms with Gasteiger partial charge >= 0.3 is 6.09 Å². The molecule has 0 radical (unpaired) electrons. The molecule has 0 aliphatic carbocycles. The van der Waals surface area contributed by atoms with Gasteiger partial charge < -0.3 is 9.64 Å². The number of carbonyl (C=O) groups excluding carboxylic acids is 1. The molecule has 11 heteroatoms. The van der Waals surface area contributed by atoms with Gasteiger partial charge in [-0.25, -0.2) is 22.3 Å². The number of rotatable bonds is 5. The summed E-state index contributed by atoms with van der Waals surface area (Å²) in [5.41, 5.74) is 0.756. The second-order valence-corrected chi connectivity index (χ2v) is 9.74. The molecule has 8 nitrogen and oxygen atoms in total. The molecule has 144 valence electrons. The van der Waals surface area contributed by atoms with Gasteiger partial charge in [0.1, 0.15) is 11.9 Å². The maximum absolute atomic E-state index is 14.5. The molecular weight excluding hydrogens is 385 g/mol. The van der Waals surface area contributed by atoms with Gasteiger partial charge in [0.05, 0.1) is 24.2 Å². The van der Waals surface area contributed by atoms with Crippen LogP contribution in [0.3, 0.4) is 0 Å². The number of ether oxygens (including phenoxy) is 1. The van der Waals surface area contributed by atoms with Crippen LogP contribution in [0.25, 0.3) is 0 Å². The number of nitrogens with zero attached hydrogens (tertiary/aromatic N) is 2. The molecule has 2 fully saturated rings. The van der Waals surface area contributed by atoms with Crippen LogP contribution in [0.15, 0.2) is 18.2 Å². The zero-order valence-electron chi connectivity index (χ0n) is 14.2. The van der Waals surface area contributed by atoms with Crippen molar-refractivity contribution in [2.24, 2.45) is 0 Å². The van der Waals surface area contributed by atoms with E-state index in [2.05, 4.69) is 4.72 Å². The maximum Gasteiger partial charge on any atom is 0.414 e. The Kier molecular flexibility index (Phi) is 5.49. The Labute approximate surface area is 153 Å². The van der Waals surface area contributed by atoms with Crippen molar-refractivity contribution in [2.45, 2.75) is 6.10 Å². The minimum atomic E-state index is -3.39. The molecule has 1 amide bonds. The Morgan fingerprint density at radius 2 is 2.04 bits per heavy atom. The highest BCUT2D eigenvalue weighted by Crippen LogP contribution is 2.28. The number of carbonyl (C=O) groups is 1. The van der Waals surface area contributed by atoms with Crippen molar-refractivity contribution in [3.05, 3.63) is 24.0 Å². The Morgan fingerprint density at radius 1 is 1.35 bits per heavy atom. The van der Waals surface area contributed by atoms with Gasteiger partial charge in [0.2, 0.25) is 10.0 Å². The lowest BCUT2D eigenvalue weighted by Gasteiger charge is -2.29. The van der Waals surface area contributed by atoms with Crippen molar-refractivity contribution in [3.8, 4) is 0 Å². The van der Waals surface area contributed by atoms with E-state index >= 15 is 0 Å². The van der Waals surface area contributed by atoms with Gasteiger partial charge in [-0.2, -0.15) is 0 Å². The van der Waals surface area contributed by atoms with Gasteiger partial charge in [-0.05, 0) is 18.2 Å². The molecule has 0 aromatic heterocycles. The number of sulfonamides is 1. The number of benzene rings is 1. The smallest absolute Gasteiger partial charge is 0.414 e. The summed E-state index contributed by atoms with van der Waals surface area (Å²) in [5.74, 6) is 0.546. The maximum atomic E-state index is 14.5. The summed E-state index contributed by atoms with van der Waals surface area (Å²) in [7, 11) is -4.23. The van der Waals surface area contributed by atoms with Crippen LogP contribution in [0.4, 0.5) is 20.6 Å². The van der Waals surface area contributed by atoms with E-state index in [0.29, 0.717) is 36.0 Å². The molecule has 1 aromatic carbocycles. The zero-order chi connectivity index (χ0) is 18.9. The van der Waals surface area contributed by atoms with E-state index < -0.39 is 38.8 Å². The summed E-state index contributed by atoms with van der Waals surface area (Å²) in [6.45, 7) is 1.14. The van der Waals surface area contributed by atoms with E-state index in [1.165, 1.54) is 11.0 Å². The summed E-state index contributed by atoms with van der Waals surface area (Å²) >= 11 is 0. The van der Waals surface area contributed by atoms with Crippen LogP contribution in [0.2, 0.25) is 0 Å². The third-order valence-electron chi connectivity index (χ3n) is 4.21. The van der Waals surface area contributed by atoms with Crippen LogP contribution in [-0.4, -0.2) is 68.8 Å². The monoisotopic (exact) mass is 405 g/mol. The second kappa shape index (κ2) is 7.49. The fraction of sp³-hybridized carbons (Fsp3) is 0.533. The van der Waals surface area contributed by atoms with E-state index in [0.717, 1.165) is 6.26 Å². The average Bonchev–Trinajstić information content (AvgIpc) is 2.94. The molecule has 2 heterocycles. The lowest BCUT2D eigenvalue weighted by molar-refractivity contribution is 0.143. The number of amides is 1. The Bertz CT molecular complexity index is 823. The summed E-state index contributed by atoms with van der Waals surface area (Å²) in [6.07, 6.45) is -0.269. The molecule has 26 heavy (non-hydrogen) atoms. The van der Waals surface area contributed by atoms with E-state index in [4.69, 9.17) is 4.74 Å². The molecule has 0 saturated carbocycles. The predicted molar refractivity (Wildman–Crippen MR) is 97.0 cm³/mol. The highest BCUT2D eigenvalue weighted by atomic mass is 32.2. The zero-order valence-corrected chi connectivity index (χ0v) is 15.8. The molecule has 2 saturated heterocycles. The number of hydrogen-bond donors (Lipinski definition) is 1. The predicted octanol–water partition coefficient (Wildman–Crippen LogP) is 0.269. The minimum Gasteiger partial charge on any atom is -0.443 e. The molecule has 0 spiro atoms. The third-order valence-corrected chi connectivity index (χ3v) is 6.18. The fourth-order valence-electron chi connectivity index (χ4n) is 2.88. The van der Waals surface area contributed by atoms with Crippen molar-refractivity contribution >= 4 is 38.3 Å². The number of halogens is 1. The second-order valence-electron chi connectivity index (χ2n) is 6.21. The van der Waals surface area contributed by atoms with Crippen molar-refractivity contribution in [2.75, 3.05) is 53.7 Å². The Hall–Kier alpha value is -1.72. The highest BCUT2D eigenvalue weighted by molar-refractivity contribution is 7.88. The number of hydrogen-bond acceptors (Lipinski definition) is 6. The van der Waals surface area contributed by atoms with E-state index in [9.17, 15) is 21.8 Å². The first-order chi connectivity index (χ1) is 12.2. The first-order valence-corrected chi connectivity index (χ1v) is 11.4. The molecule has 2 aliphatic heterocycles. The number of anilines is 2. The molecule has 2 aliphatic rings. The quantitative estimate of drug-likeness (QED) is 0.756. The lowest BCUT2D eigenvalue weighted by atomic mass is 10.2. The SMILES string of the molecule is CS(=O)(=O)NCC1CN(c2ccc(N3CCS(=O)CC3)c(F)c2)C(=O)O1. The normalized spacial score (nSPS) is 21.9. The number of nitrogens with one attached hydrogen (secondary N) is 1. The van der Waals surface area contributed by atoms with Crippen molar-refractivity contribution in [1.29, 1.82) is 0 Å². The largest absolute Gasteiger partial charge is 0.443 e. The standard InChI is InChI=1S/C15H20FN3O5S2/c1-26(22,23)17-9-12-10-19(15(20)24-12)11-2-3-14(13(16)8-11)18-4-6-25(21)7-5-18/h2-3,8,12,17H,4-7,9-10H2,1H3. The Morgan fingerprint density at radius 3 is 2.65 bits per heavy atom. The van der Waals surface area contributed by atoms with Crippen LogP contribution in [0, 0.1) is 5.82 Å². The van der Waals surface area contributed by atoms with Crippen LogP contribution < -0.4 is 14.5 Å². The first-order valence-electron chi connectivity index (χ1n) is 8.05. The average molecular weight is 405 g/mol. The van der Waals surface area contributed by atoms with Gasteiger partial charge in [0.15, 0.2) is 0 Å². The first kappa shape index (κ1) is 19.1. The van der Waals surface area contributed by atoms with Crippen LogP contribution in [-0.2, 0) is 25.6 Å².